The first-order valence-electron chi connectivity index (χ1n) is 4.86. The van der Waals surface area contributed by atoms with Gasteiger partial charge in [0, 0.05) is 6.42 Å². The molecule has 0 bridgehead atoms. The Morgan fingerprint density at radius 2 is 2.00 bits per heavy atom. The van der Waals surface area contributed by atoms with Gasteiger partial charge in [-0.3, -0.25) is 0 Å². The molecule has 1 rings (SSSR count). The van der Waals surface area contributed by atoms with Gasteiger partial charge >= 0.3 is 0 Å². The Morgan fingerprint density at radius 1 is 1.29 bits per heavy atom. The van der Waals surface area contributed by atoms with Crippen molar-refractivity contribution >= 4 is 11.6 Å². The number of quaternary nitrogens is 1. The van der Waals surface area contributed by atoms with Gasteiger partial charge in [0.25, 0.3) is 0 Å². The second-order valence-electron chi connectivity index (χ2n) is 3.59. The van der Waals surface area contributed by atoms with E-state index in [1.54, 1.807) is 0 Å². The first-order chi connectivity index (χ1) is 6.70. The second-order valence-corrected chi connectivity index (χ2v) is 4.00. The predicted octanol–water partition coefficient (Wildman–Crippen LogP) is 1.25. The van der Waals surface area contributed by atoms with Gasteiger partial charge in [-0.2, -0.15) is 0 Å². The van der Waals surface area contributed by atoms with Crippen molar-refractivity contribution in [2.24, 2.45) is 0 Å². The highest BCUT2D eigenvalue weighted by atomic mass is 35.5. The number of nitrogens with one attached hydrogen (secondary N) is 1. The smallest absolute Gasteiger partial charge is 0.137 e. The molecule has 14 heavy (non-hydrogen) atoms. The van der Waals surface area contributed by atoms with E-state index in [1.165, 1.54) is 4.90 Å². The van der Waals surface area contributed by atoms with Crippen molar-refractivity contribution in [2.75, 3.05) is 27.2 Å². The highest BCUT2D eigenvalue weighted by molar-refractivity contribution is 6.32. The summed E-state index contributed by atoms with van der Waals surface area (Å²) in [5.74, 6) is 0.780. The van der Waals surface area contributed by atoms with E-state index in [0.29, 0.717) is 5.02 Å². The van der Waals surface area contributed by atoms with Crippen LogP contribution in [0.25, 0.3) is 0 Å². The number of para-hydroxylation sites is 1. The van der Waals surface area contributed by atoms with Crippen molar-refractivity contribution in [3.05, 3.63) is 29.3 Å². The first kappa shape index (κ1) is 11.3. The van der Waals surface area contributed by atoms with Crippen molar-refractivity contribution in [3.8, 4) is 5.75 Å². The summed E-state index contributed by atoms with van der Waals surface area (Å²) in [4.78, 5) is 1.44. The maximum atomic E-state index is 5.94. The van der Waals surface area contributed by atoms with Crippen LogP contribution in [-0.2, 0) is 0 Å². The molecule has 0 unspecified atom stereocenters. The van der Waals surface area contributed by atoms with Crippen molar-refractivity contribution in [1.82, 2.24) is 0 Å². The Balaban J connectivity index is 2.28. The summed E-state index contributed by atoms with van der Waals surface area (Å²) in [6, 6.07) is 7.57. The number of ether oxygens (including phenoxy) is 1. The minimum atomic E-state index is 0.685. The SMILES string of the molecule is C[NH+](C)CCCOc1ccccc1Cl. The maximum Gasteiger partial charge on any atom is 0.137 e. The third-order valence-corrected chi connectivity index (χ3v) is 2.23. The number of benzene rings is 1. The zero-order valence-corrected chi connectivity index (χ0v) is 9.47. The molecule has 0 fully saturated rings. The van der Waals surface area contributed by atoms with Gasteiger partial charge in [0.2, 0.25) is 0 Å². The monoisotopic (exact) mass is 214 g/mol. The Kier molecular flexibility index (Phi) is 4.77. The molecule has 0 spiro atoms. The Bertz CT molecular complexity index is 276. The molecule has 0 aliphatic rings. The third-order valence-electron chi connectivity index (χ3n) is 1.92. The molecule has 0 aromatic heterocycles. The summed E-state index contributed by atoms with van der Waals surface area (Å²) in [5.41, 5.74) is 0. The first-order valence-corrected chi connectivity index (χ1v) is 5.24. The van der Waals surface area contributed by atoms with Gasteiger partial charge in [0.1, 0.15) is 5.75 Å². The average molecular weight is 215 g/mol. The largest absolute Gasteiger partial charge is 0.492 e. The van der Waals surface area contributed by atoms with Crippen LogP contribution in [0.15, 0.2) is 24.3 Å². The number of hydrogen-bond donors (Lipinski definition) is 1. The van der Waals surface area contributed by atoms with E-state index in [-0.39, 0.29) is 0 Å². The van der Waals surface area contributed by atoms with Crippen molar-refractivity contribution in [3.63, 3.8) is 0 Å². The van der Waals surface area contributed by atoms with Crippen LogP contribution in [0.4, 0.5) is 0 Å². The molecule has 0 aliphatic carbocycles. The molecule has 2 nitrogen and oxygen atoms in total. The Hall–Kier alpha value is -0.730. The van der Waals surface area contributed by atoms with E-state index in [4.69, 9.17) is 16.3 Å². The quantitative estimate of drug-likeness (QED) is 0.729. The lowest BCUT2D eigenvalue weighted by Gasteiger charge is -2.09. The van der Waals surface area contributed by atoms with Crippen LogP contribution in [0.5, 0.6) is 5.75 Å². The van der Waals surface area contributed by atoms with Crippen LogP contribution < -0.4 is 9.64 Å². The minimum absolute atomic E-state index is 0.685. The van der Waals surface area contributed by atoms with Crippen LogP contribution in [0.1, 0.15) is 6.42 Å². The summed E-state index contributed by atoms with van der Waals surface area (Å²) >= 11 is 5.94. The van der Waals surface area contributed by atoms with E-state index in [2.05, 4.69) is 14.1 Å². The van der Waals surface area contributed by atoms with E-state index >= 15 is 0 Å². The molecule has 1 aromatic rings. The second kappa shape index (κ2) is 5.89. The molecular weight excluding hydrogens is 198 g/mol. The molecule has 0 saturated carbocycles. The zero-order chi connectivity index (χ0) is 10.4. The molecule has 0 aliphatic heterocycles. The van der Waals surface area contributed by atoms with Crippen LogP contribution in [0, 0.1) is 0 Å². The molecule has 0 radical (unpaired) electrons. The summed E-state index contributed by atoms with van der Waals surface area (Å²) in [7, 11) is 4.27. The van der Waals surface area contributed by atoms with E-state index in [1.807, 2.05) is 24.3 Å². The van der Waals surface area contributed by atoms with Gasteiger partial charge in [0.15, 0.2) is 0 Å². The topological polar surface area (TPSA) is 13.7 Å². The van der Waals surface area contributed by atoms with Gasteiger partial charge in [-0.25, -0.2) is 0 Å². The lowest BCUT2D eigenvalue weighted by Crippen LogP contribution is -3.05. The van der Waals surface area contributed by atoms with Gasteiger partial charge in [-0.05, 0) is 12.1 Å². The fourth-order valence-corrected chi connectivity index (χ4v) is 1.36. The van der Waals surface area contributed by atoms with Crippen LogP contribution >= 0.6 is 11.6 Å². The molecule has 1 aromatic carbocycles. The van der Waals surface area contributed by atoms with Gasteiger partial charge in [-0.1, -0.05) is 23.7 Å². The van der Waals surface area contributed by atoms with Crippen molar-refractivity contribution < 1.29 is 9.64 Å². The fourth-order valence-electron chi connectivity index (χ4n) is 1.17. The summed E-state index contributed by atoms with van der Waals surface area (Å²) in [5, 5.41) is 0.685. The van der Waals surface area contributed by atoms with E-state index in [0.717, 1.165) is 25.3 Å². The van der Waals surface area contributed by atoms with Gasteiger partial charge in [-0.15, -0.1) is 0 Å². The van der Waals surface area contributed by atoms with Crippen molar-refractivity contribution in [1.29, 1.82) is 0 Å². The van der Waals surface area contributed by atoms with Gasteiger partial charge < -0.3 is 9.64 Å². The van der Waals surface area contributed by atoms with Crippen LogP contribution in [0.3, 0.4) is 0 Å². The van der Waals surface area contributed by atoms with E-state index < -0.39 is 0 Å². The van der Waals surface area contributed by atoms with E-state index in [9.17, 15) is 0 Å². The zero-order valence-electron chi connectivity index (χ0n) is 8.72. The standard InChI is InChI=1S/C11H16ClNO/c1-13(2)8-5-9-14-11-7-4-3-6-10(11)12/h3-4,6-7H,5,8-9H2,1-2H3/p+1. The molecule has 0 saturated heterocycles. The minimum Gasteiger partial charge on any atom is -0.492 e. The fraction of sp³-hybridized carbons (Fsp3) is 0.455. The molecule has 0 atom stereocenters. The third kappa shape index (κ3) is 3.99. The number of hydrogen-bond acceptors (Lipinski definition) is 1. The molecule has 1 N–H and O–H groups in total. The molecular formula is C11H17ClNO+. The number of rotatable bonds is 5. The highest BCUT2D eigenvalue weighted by Gasteiger charge is 1.99. The maximum absolute atomic E-state index is 5.94. The Morgan fingerprint density at radius 3 is 2.64 bits per heavy atom. The summed E-state index contributed by atoms with van der Waals surface area (Å²) < 4.78 is 5.54. The van der Waals surface area contributed by atoms with Crippen molar-refractivity contribution in [2.45, 2.75) is 6.42 Å². The normalized spacial score (nSPS) is 10.6. The van der Waals surface area contributed by atoms with Gasteiger partial charge in [0.05, 0.1) is 32.3 Å². The average Bonchev–Trinajstić information content (AvgIpc) is 2.15. The molecule has 0 heterocycles. The highest BCUT2D eigenvalue weighted by Crippen LogP contribution is 2.22. The lowest BCUT2D eigenvalue weighted by atomic mass is 10.3. The lowest BCUT2D eigenvalue weighted by molar-refractivity contribution is -0.858. The molecule has 78 valence electrons. The van der Waals surface area contributed by atoms with Crippen LogP contribution in [-0.4, -0.2) is 27.2 Å². The Labute approximate surface area is 90.4 Å². The summed E-state index contributed by atoms with van der Waals surface area (Å²) in [6.07, 6.45) is 1.05. The molecule has 0 amide bonds. The number of halogens is 1. The predicted molar refractivity (Wildman–Crippen MR) is 59.2 cm³/mol. The molecule has 3 heteroatoms. The summed E-state index contributed by atoms with van der Waals surface area (Å²) in [6.45, 7) is 1.85. The van der Waals surface area contributed by atoms with Crippen LogP contribution in [0.2, 0.25) is 5.02 Å².